The van der Waals surface area contributed by atoms with Gasteiger partial charge in [-0.1, -0.05) is 42.5 Å². The van der Waals surface area contributed by atoms with E-state index in [9.17, 15) is 9.18 Å². The summed E-state index contributed by atoms with van der Waals surface area (Å²) in [5.74, 6) is 0.186. The van der Waals surface area contributed by atoms with Gasteiger partial charge >= 0.3 is 0 Å². The predicted molar refractivity (Wildman–Crippen MR) is 153 cm³/mol. The molecule has 0 radical (unpaired) electrons. The average molecular weight is 539 g/mol. The molecule has 0 atom stereocenters. The third kappa shape index (κ3) is 5.81. The lowest BCUT2D eigenvalue weighted by Gasteiger charge is -2.27. The molecule has 39 heavy (non-hydrogen) atoms. The molecule has 8 heteroatoms. The molecule has 1 fully saturated rings. The molecule has 0 aliphatic carbocycles. The van der Waals surface area contributed by atoms with Gasteiger partial charge in [0.15, 0.2) is 5.17 Å². The topological polar surface area (TPSA) is 59.7 Å². The number of hydrogen-bond acceptors (Lipinski definition) is 5. The zero-order valence-electron chi connectivity index (χ0n) is 21.3. The maximum absolute atomic E-state index is 13.3. The number of amides is 1. The standard InChI is InChI=1S/C31H27FN4O2S/c32-25-14-12-22(13-15-25)21-38-27-11-7-8-23(18-27)29-24(20-36(34-29)26-9-3-1-4-10-26)19-28-30(37)33-31(39-28)35-16-5-2-6-17-35/h1,3-4,7-15,18-20H,2,5-6,16-17,21H2. The van der Waals surface area contributed by atoms with E-state index >= 15 is 0 Å². The molecule has 2 aliphatic rings. The number of rotatable bonds is 6. The lowest BCUT2D eigenvalue weighted by atomic mass is 10.1. The first-order valence-electron chi connectivity index (χ1n) is 13.0. The minimum Gasteiger partial charge on any atom is -0.489 e. The van der Waals surface area contributed by atoms with Gasteiger partial charge in [0.1, 0.15) is 23.9 Å². The second-order valence-corrected chi connectivity index (χ2v) is 10.5. The molecule has 0 saturated carbocycles. The van der Waals surface area contributed by atoms with E-state index in [2.05, 4.69) is 9.89 Å². The Morgan fingerprint density at radius 2 is 1.74 bits per heavy atom. The Morgan fingerprint density at radius 3 is 2.54 bits per heavy atom. The molecule has 196 valence electrons. The molecule has 2 aliphatic heterocycles. The number of amidine groups is 1. The van der Waals surface area contributed by atoms with Crippen LogP contribution in [0, 0.1) is 5.82 Å². The average Bonchev–Trinajstić information content (AvgIpc) is 3.57. The van der Waals surface area contributed by atoms with Gasteiger partial charge in [-0.25, -0.2) is 9.07 Å². The Balaban J connectivity index is 1.30. The van der Waals surface area contributed by atoms with E-state index in [4.69, 9.17) is 9.84 Å². The van der Waals surface area contributed by atoms with Crippen LogP contribution in [0.1, 0.15) is 30.4 Å². The molecule has 1 aromatic heterocycles. The van der Waals surface area contributed by atoms with E-state index in [1.54, 1.807) is 12.1 Å². The molecule has 1 amide bonds. The summed E-state index contributed by atoms with van der Waals surface area (Å²) in [4.78, 5) is 20.0. The quantitative estimate of drug-likeness (QED) is 0.255. The van der Waals surface area contributed by atoms with Crippen molar-refractivity contribution in [2.75, 3.05) is 13.1 Å². The minimum atomic E-state index is -0.274. The number of para-hydroxylation sites is 1. The highest BCUT2D eigenvalue weighted by molar-refractivity contribution is 8.18. The van der Waals surface area contributed by atoms with Gasteiger partial charge in [-0.2, -0.15) is 10.1 Å². The zero-order chi connectivity index (χ0) is 26.6. The SMILES string of the molecule is O=C1N=C(N2CCCCC2)SC1=Cc1cn(-c2ccccc2)nc1-c1cccc(OCc2ccc(F)cc2)c1. The van der Waals surface area contributed by atoms with Crippen LogP contribution in [0.2, 0.25) is 0 Å². The van der Waals surface area contributed by atoms with Crippen molar-refractivity contribution in [2.45, 2.75) is 25.9 Å². The highest BCUT2D eigenvalue weighted by Crippen LogP contribution is 2.34. The van der Waals surface area contributed by atoms with Crippen molar-refractivity contribution < 1.29 is 13.9 Å². The van der Waals surface area contributed by atoms with Crippen molar-refractivity contribution in [3.8, 4) is 22.7 Å². The molecule has 6 nitrogen and oxygen atoms in total. The van der Waals surface area contributed by atoms with Gasteiger partial charge < -0.3 is 9.64 Å². The summed E-state index contributed by atoms with van der Waals surface area (Å²) < 4.78 is 21.1. The monoisotopic (exact) mass is 538 g/mol. The Kier molecular flexibility index (Phi) is 7.27. The molecule has 6 rings (SSSR count). The van der Waals surface area contributed by atoms with Crippen molar-refractivity contribution in [3.63, 3.8) is 0 Å². The second-order valence-electron chi connectivity index (χ2n) is 9.51. The maximum Gasteiger partial charge on any atom is 0.286 e. The minimum absolute atomic E-state index is 0.213. The lowest BCUT2D eigenvalue weighted by molar-refractivity contribution is -0.113. The Morgan fingerprint density at radius 1 is 0.949 bits per heavy atom. The highest BCUT2D eigenvalue weighted by atomic mass is 32.2. The normalized spacial score (nSPS) is 16.5. The van der Waals surface area contributed by atoms with Crippen molar-refractivity contribution in [2.24, 2.45) is 4.99 Å². The number of piperidine rings is 1. The third-order valence-electron chi connectivity index (χ3n) is 6.71. The fourth-order valence-electron chi connectivity index (χ4n) is 4.67. The number of hydrogen-bond donors (Lipinski definition) is 0. The maximum atomic E-state index is 13.3. The molecule has 3 aromatic carbocycles. The number of nitrogens with zero attached hydrogens (tertiary/aromatic N) is 4. The molecule has 0 unspecified atom stereocenters. The fourth-order valence-corrected chi connectivity index (χ4v) is 5.63. The van der Waals surface area contributed by atoms with Crippen LogP contribution in [-0.2, 0) is 11.4 Å². The van der Waals surface area contributed by atoms with Gasteiger partial charge in [-0.05, 0) is 79.1 Å². The lowest BCUT2D eigenvalue weighted by Crippen LogP contribution is -2.33. The largest absolute Gasteiger partial charge is 0.489 e. The van der Waals surface area contributed by atoms with Crippen LogP contribution >= 0.6 is 11.8 Å². The van der Waals surface area contributed by atoms with Gasteiger partial charge in [0.2, 0.25) is 0 Å². The molecular weight excluding hydrogens is 511 g/mol. The van der Waals surface area contributed by atoms with Crippen LogP contribution in [0.3, 0.4) is 0 Å². The Labute approximate surface area is 230 Å². The molecule has 3 heterocycles. The van der Waals surface area contributed by atoms with E-state index in [1.165, 1.54) is 30.3 Å². The van der Waals surface area contributed by atoms with Crippen LogP contribution in [0.25, 0.3) is 23.0 Å². The number of ether oxygens (including phenoxy) is 1. The van der Waals surface area contributed by atoms with Crippen LogP contribution in [0.5, 0.6) is 5.75 Å². The Hall–Kier alpha value is -4.17. The van der Waals surface area contributed by atoms with Crippen molar-refractivity contribution in [1.82, 2.24) is 14.7 Å². The molecular formula is C31H27FN4O2S. The number of aromatic nitrogens is 2. The van der Waals surface area contributed by atoms with E-state index in [1.807, 2.05) is 71.6 Å². The van der Waals surface area contributed by atoms with E-state index < -0.39 is 0 Å². The van der Waals surface area contributed by atoms with Crippen LogP contribution in [0.15, 0.2) is 95.0 Å². The summed E-state index contributed by atoms with van der Waals surface area (Å²) >= 11 is 1.44. The number of carbonyl (C=O) groups is 1. The zero-order valence-corrected chi connectivity index (χ0v) is 22.1. The van der Waals surface area contributed by atoms with E-state index in [-0.39, 0.29) is 11.7 Å². The van der Waals surface area contributed by atoms with Crippen molar-refractivity contribution in [3.05, 3.63) is 107 Å². The van der Waals surface area contributed by atoms with E-state index in [0.717, 1.165) is 59.2 Å². The fraction of sp³-hybridized carbons (Fsp3) is 0.194. The van der Waals surface area contributed by atoms with Crippen molar-refractivity contribution in [1.29, 1.82) is 0 Å². The highest BCUT2D eigenvalue weighted by Gasteiger charge is 2.27. The van der Waals surface area contributed by atoms with Gasteiger partial charge in [0, 0.05) is 30.4 Å². The summed E-state index contributed by atoms with van der Waals surface area (Å²) in [5.41, 5.74) is 4.21. The third-order valence-corrected chi connectivity index (χ3v) is 7.76. The number of thioether (sulfide) groups is 1. The first kappa shape index (κ1) is 25.1. The molecule has 0 spiro atoms. The number of halogens is 1. The second kappa shape index (κ2) is 11.3. The summed E-state index contributed by atoms with van der Waals surface area (Å²) in [7, 11) is 0. The number of carbonyl (C=O) groups excluding carboxylic acids is 1. The summed E-state index contributed by atoms with van der Waals surface area (Å²) in [6.07, 6.45) is 7.30. The van der Waals surface area contributed by atoms with Crippen LogP contribution in [-0.4, -0.2) is 38.8 Å². The summed E-state index contributed by atoms with van der Waals surface area (Å²) in [6, 6.07) is 23.9. The number of aliphatic imine (C=N–C) groups is 1. The molecule has 1 saturated heterocycles. The predicted octanol–water partition coefficient (Wildman–Crippen LogP) is 6.71. The van der Waals surface area contributed by atoms with Gasteiger partial charge in [0.05, 0.1) is 10.6 Å². The van der Waals surface area contributed by atoms with Crippen LogP contribution in [0.4, 0.5) is 4.39 Å². The first-order valence-corrected chi connectivity index (χ1v) is 13.8. The van der Waals surface area contributed by atoms with Crippen LogP contribution < -0.4 is 4.74 Å². The molecule has 4 aromatic rings. The van der Waals surface area contributed by atoms with Gasteiger partial charge in [-0.15, -0.1) is 0 Å². The molecule has 0 bridgehead atoms. The number of benzene rings is 3. The summed E-state index contributed by atoms with van der Waals surface area (Å²) in [5, 5.41) is 5.69. The number of likely N-dealkylation sites (tertiary alicyclic amines) is 1. The van der Waals surface area contributed by atoms with Gasteiger partial charge in [-0.3, -0.25) is 4.79 Å². The Bertz CT molecular complexity index is 1540. The van der Waals surface area contributed by atoms with Gasteiger partial charge in [0.25, 0.3) is 5.91 Å². The van der Waals surface area contributed by atoms with E-state index in [0.29, 0.717) is 17.3 Å². The smallest absolute Gasteiger partial charge is 0.286 e. The summed E-state index contributed by atoms with van der Waals surface area (Å²) in [6.45, 7) is 2.20. The molecule has 0 N–H and O–H groups in total. The first-order chi connectivity index (χ1) is 19.1. The van der Waals surface area contributed by atoms with Crippen molar-refractivity contribution >= 4 is 28.9 Å².